The molecule has 116 valence electrons. The first kappa shape index (κ1) is 14.8. The molecule has 1 aromatic heterocycles. The van der Waals surface area contributed by atoms with Gasteiger partial charge in [-0.1, -0.05) is 21.9 Å². The third kappa shape index (κ3) is 3.06. The number of aromatic nitrogens is 2. The van der Waals surface area contributed by atoms with Gasteiger partial charge in [-0.2, -0.15) is 0 Å². The van der Waals surface area contributed by atoms with Gasteiger partial charge in [0.2, 0.25) is 5.91 Å². The lowest BCUT2D eigenvalue weighted by Gasteiger charge is -2.25. The van der Waals surface area contributed by atoms with E-state index in [1.807, 2.05) is 24.3 Å². The smallest absolute Gasteiger partial charge is 0.243 e. The quantitative estimate of drug-likeness (QED) is 0.936. The van der Waals surface area contributed by atoms with Crippen LogP contribution in [0, 0.1) is 6.92 Å². The third-order valence-corrected chi connectivity index (χ3v) is 4.14. The lowest BCUT2D eigenvalue weighted by atomic mass is 10.2. The van der Waals surface area contributed by atoms with Gasteiger partial charge < -0.3 is 10.2 Å². The van der Waals surface area contributed by atoms with Crippen LogP contribution in [0.15, 0.2) is 28.9 Å². The van der Waals surface area contributed by atoms with Crippen molar-refractivity contribution in [2.75, 3.05) is 11.4 Å². The summed E-state index contributed by atoms with van der Waals surface area (Å²) in [5.74, 6) is -0.00477. The highest BCUT2D eigenvalue weighted by Crippen LogP contribution is 2.26. The highest BCUT2D eigenvalue weighted by atomic mass is 35.5. The summed E-state index contributed by atoms with van der Waals surface area (Å²) < 4.78 is 4.63. The number of carbonyl (C=O) groups is 1. The average Bonchev–Trinajstić information content (AvgIpc) is 3.15. The van der Waals surface area contributed by atoms with Crippen molar-refractivity contribution >= 4 is 23.2 Å². The van der Waals surface area contributed by atoms with Crippen molar-refractivity contribution in [2.45, 2.75) is 32.4 Å². The maximum atomic E-state index is 12.4. The first-order chi connectivity index (χ1) is 10.6. The van der Waals surface area contributed by atoms with Gasteiger partial charge in [0.1, 0.15) is 17.4 Å². The molecule has 1 fully saturated rings. The molecule has 0 saturated carbocycles. The molecule has 1 amide bonds. The molecule has 0 aliphatic carbocycles. The van der Waals surface area contributed by atoms with Crippen LogP contribution in [0.1, 0.15) is 24.2 Å². The molecule has 7 heteroatoms. The van der Waals surface area contributed by atoms with Crippen LogP contribution >= 0.6 is 11.6 Å². The molecule has 2 aromatic rings. The Morgan fingerprint density at radius 3 is 2.86 bits per heavy atom. The molecular weight excluding hydrogens is 304 g/mol. The van der Waals surface area contributed by atoms with Crippen molar-refractivity contribution in [3.63, 3.8) is 0 Å². The van der Waals surface area contributed by atoms with Gasteiger partial charge in [0, 0.05) is 17.3 Å². The molecule has 1 aromatic carbocycles. The normalized spacial score (nSPS) is 17.7. The van der Waals surface area contributed by atoms with E-state index in [0.717, 1.165) is 25.1 Å². The van der Waals surface area contributed by atoms with Crippen molar-refractivity contribution in [3.05, 3.63) is 40.7 Å². The molecule has 0 unspecified atom stereocenters. The molecule has 6 nitrogen and oxygen atoms in total. The van der Waals surface area contributed by atoms with Crippen LogP contribution in [-0.4, -0.2) is 28.8 Å². The number of benzene rings is 1. The molecule has 1 aliphatic rings. The van der Waals surface area contributed by atoms with Crippen LogP contribution < -0.4 is 10.2 Å². The second-order valence-electron chi connectivity index (χ2n) is 5.34. The maximum absolute atomic E-state index is 12.4. The summed E-state index contributed by atoms with van der Waals surface area (Å²) in [5, 5.41) is 11.1. The Balaban J connectivity index is 1.66. The Morgan fingerprint density at radius 1 is 1.41 bits per heavy atom. The minimum atomic E-state index is -0.165. The predicted molar refractivity (Wildman–Crippen MR) is 82.7 cm³/mol. The molecule has 1 N–H and O–H groups in total. The highest BCUT2D eigenvalue weighted by molar-refractivity contribution is 6.30. The number of halogens is 1. The van der Waals surface area contributed by atoms with Gasteiger partial charge in [-0.05, 0) is 44.0 Å². The number of hydrogen-bond acceptors (Lipinski definition) is 5. The molecule has 22 heavy (non-hydrogen) atoms. The fraction of sp³-hybridized carbons (Fsp3) is 0.400. The van der Waals surface area contributed by atoms with Crippen molar-refractivity contribution in [2.24, 2.45) is 0 Å². The number of aryl methyl sites for hydroxylation is 1. The minimum Gasteiger partial charge on any atom is -0.360 e. The van der Waals surface area contributed by atoms with Crippen LogP contribution in [0.3, 0.4) is 0 Å². The van der Waals surface area contributed by atoms with Gasteiger partial charge in [0.15, 0.2) is 0 Å². The van der Waals surface area contributed by atoms with E-state index >= 15 is 0 Å². The number of nitrogens with one attached hydrogen (secondary N) is 1. The first-order valence-corrected chi connectivity index (χ1v) is 7.61. The van der Waals surface area contributed by atoms with Crippen LogP contribution in [0.25, 0.3) is 0 Å². The maximum Gasteiger partial charge on any atom is 0.243 e. The Labute approximate surface area is 133 Å². The summed E-state index contributed by atoms with van der Waals surface area (Å²) in [7, 11) is 0. The first-order valence-electron chi connectivity index (χ1n) is 7.23. The second kappa shape index (κ2) is 6.36. The third-order valence-electron chi connectivity index (χ3n) is 3.89. The summed E-state index contributed by atoms with van der Waals surface area (Å²) in [5.41, 5.74) is 2.37. The number of rotatable bonds is 4. The fourth-order valence-corrected chi connectivity index (χ4v) is 2.81. The molecule has 2 heterocycles. The number of amides is 1. The van der Waals surface area contributed by atoms with E-state index < -0.39 is 0 Å². The number of carbonyl (C=O) groups excluding carboxylic acids is 1. The largest absolute Gasteiger partial charge is 0.360 e. The molecule has 0 radical (unpaired) electrons. The zero-order valence-electron chi connectivity index (χ0n) is 12.3. The Kier molecular flexibility index (Phi) is 4.29. The Morgan fingerprint density at radius 2 is 2.18 bits per heavy atom. The Bertz CT molecular complexity index is 656. The van der Waals surface area contributed by atoms with Crippen LogP contribution in [-0.2, 0) is 11.3 Å². The second-order valence-corrected chi connectivity index (χ2v) is 5.78. The Hall–Kier alpha value is -2.08. The lowest BCUT2D eigenvalue weighted by Crippen LogP contribution is -2.43. The van der Waals surface area contributed by atoms with Crippen LogP contribution in [0.4, 0.5) is 5.69 Å². The van der Waals surface area contributed by atoms with Gasteiger partial charge in [-0.3, -0.25) is 4.79 Å². The molecule has 0 bridgehead atoms. The lowest BCUT2D eigenvalue weighted by molar-refractivity contribution is -0.122. The summed E-state index contributed by atoms with van der Waals surface area (Å²) in [4.78, 5) is 14.6. The van der Waals surface area contributed by atoms with Crippen LogP contribution in [0.5, 0.6) is 0 Å². The summed E-state index contributed by atoms with van der Waals surface area (Å²) >= 11 is 5.92. The van der Waals surface area contributed by atoms with Gasteiger partial charge in [-0.15, -0.1) is 0 Å². The fourth-order valence-electron chi connectivity index (χ4n) is 2.68. The van der Waals surface area contributed by atoms with Gasteiger partial charge in [-0.25, -0.2) is 4.63 Å². The van der Waals surface area contributed by atoms with E-state index in [1.165, 1.54) is 0 Å². The van der Waals surface area contributed by atoms with E-state index in [4.69, 9.17) is 11.6 Å². The van der Waals surface area contributed by atoms with E-state index in [1.54, 1.807) is 6.92 Å². The predicted octanol–water partition coefficient (Wildman–Crippen LogP) is 2.32. The molecular formula is C15H17ClN4O2. The molecule has 1 saturated heterocycles. The molecule has 1 aliphatic heterocycles. The van der Waals surface area contributed by atoms with E-state index in [9.17, 15) is 4.79 Å². The summed E-state index contributed by atoms with van der Waals surface area (Å²) in [6.45, 7) is 3.00. The van der Waals surface area contributed by atoms with Gasteiger partial charge in [0.05, 0.1) is 6.54 Å². The number of anilines is 1. The van der Waals surface area contributed by atoms with Crippen molar-refractivity contribution < 1.29 is 9.42 Å². The van der Waals surface area contributed by atoms with Gasteiger partial charge in [0.25, 0.3) is 0 Å². The average molecular weight is 321 g/mol. The van der Waals surface area contributed by atoms with Crippen LogP contribution in [0.2, 0.25) is 5.02 Å². The summed E-state index contributed by atoms with van der Waals surface area (Å²) in [6.07, 6.45) is 1.83. The standard InChI is InChI=1S/C15H17ClN4O2/c1-10-13(19-22-18-10)9-17-15(21)14-3-2-8-20(14)12-6-4-11(16)5-7-12/h4-7,14H,2-3,8-9H2,1H3,(H,17,21)/t14-/m0/s1. The van der Waals surface area contributed by atoms with Crippen molar-refractivity contribution in [1.82, 2.24) is 15.6 Å². The molecule has 1 atom stereocenters. The summed E-state index contributed by atoms with van der Waals surface area (Å²) in [6, 6.07) is 7.41. The molecule has 3 rings (SSSR count). The van der Waals surface area contributed by atoms with Crippen molar-refractivity contribution in [1.29, 1.82) is 0 Å². The monoisotopic (exact) mass is 320 g/mol. The van der Waals surface area contributed by atoms with E-state index in [0.29, 0.717) is 23.0 Å². The molecule has 0 spiro atoms. The van der Waals surface area contributed by atoms with E-state index in [2.05, 4.69) is 25.2 Å². The minimum absolute atomic E-state index is 0.00477. The van der Waals surface area contributed by atoms with Crippen molar-refractivity contribution in [3.8, 4) is 0 Å². The number of nitrogens with zero attached hydrogens (tertiary/aromatic N) is 3. The van der Waals surface area contributed by atoms with Gasteiger partial charge >= 0.3 is 0 Å². The SMILES string of the molecule is Cc1nonc1CNC(=O)[C@@H]1CCCN1c1ccc(Cl)cc1. The number of hydrogen-bond donors (Lipinski definition) is 1. The zero-order chi connectivity index (χ0) is 15.5. The highest BCUT2D eigenvalue weighted by Gasteiger charge is 2.30. The topological polar surface area (TPSA) is 71.3 Å². The zero-order valence-corrected chi connectivity index (χ0v) is 13.0. The van der Waals surface area contributed by atoms with E-state index in [-0.39, 0.29) is 11.9 Å².